The molecule has 0 aliphatic heterocycles. The molecule has 0 aliphatic carbocycles. The number of fused-ring (bicyclic) bond motifs is 1. The van der Waals surface area contributed by atoms with Crippen molar-refractivity contribution in [2.45, 2.75) is 12.5 Å². The van der Waals surface area contributed by atoms with E-state index < -0.39 is 0 Å². The van der Waals surface area contributed by atoms with Crippen molar-refractivity contribution in [3.63, 3.8) is 0 Å². The maximum atomic E-state index is 9.64. The van der Waals surface area contributed by atoms with Gasteiger partial charge in [-0.3, -0.25) is 4.98 Å². The number of rotatable bonds is 5. The highest BCUT2D eigenvalue weighted by atomic mass is 16.3. The van der Waals surface area contributed by atoms with Gasteiger partial charge >= 0.3 is 0 Å². The summed E-state index contributed by atoms with van der Waals surface area (Å²) in [5.74, 6) is 0. The molecule has 3 nitrogen and oxygen atoms in total. The van der Waals surface area contributed by atoms with Crippen LogP contribution in [0.4, 0.5) is 5.69 Å². The quantitative estimate of drug-likeness (QED) is 0.753. The molecule has 0 radical (unpaired) electrons. The van der Waals surface area contributed by atoms with E-state index in [1.54, 1.807) is 6.20 Å². The fourth-order valence-corrected chi connectivity index (χ4v) is 2.50. The molecule has 106 valence electrons. The molecular formula is C18H18N2O. The summed E-state index contributed by atoms with van der Waals surface area (Å²) < 4.78 is 0. The number of pyridine rings is 1. The Morgan fingerprint density at radius 3 is 2.52 bits per heavy atom. The lowest BCUT2D eigenvalue weighted by atomic mass is 10.1. The van der Waals surface area contributed by atoms with Gasteiger partial charge in [0.25, 0.3) is 0 Å². The number of aliphatic hydroxyl groups is 1. The zero-order valence-corrected chi connectivity index (χ0v) is 11.7. The standard InChI is InChI=1S/C18H18N2O/c21-13-15(12-14-6-2-1-3-7-14)20-18-10-11-19-17-9-5-4-8-16(17)18/h1-11,15,21H,12-13H2,(H,19,20). The third-order valence-corrected chi connectivity index (χ3v) is 3.55. The maximum absolute atomic E-state index is 9.64. The number of benzene rings is 2. The molecule has 0 saturated carbocycles. The number of aliphatic hydroxyl groups excluding tert-OH is 1. The van der Waals surface area contributed by atoms with Crippen LogP contribution < -0.4 is 5.32 Å². The van der Waals surface area contributed by atoms with Crippen LogP contribution in [0, 0.1) is 0 Å². The fourth-order valence-electron chi connectivity index (χ4n) is 2.50. The maximum Gasteiger partial charge on any atom is 0.0722 e. The zero-order valence-electron chi connectivity index (χ0n) is 11.7. The molecule has 0 spiro atoms. The largest absolute Gasteiger partial charge is 0.394 e. The summed E-state index contributed by atoms with van der Waals surface area (Å²) in [7, 11) is 0. The third-order valence-electron chi connectivity index (χ3n) is 3.55. The van der Waals surface area contributed by atoms with Gasteiger partial charge in [0, 0.05) is 17.3 Å². The Balaban J connectivity index is 1.82. The first-order valence-electron chi connectivity index (χ1n) is 7.12. The molecule has 3 rings (SSSR count). The minimum atomic E-state index is -0.0155. The van der Waals surface area contributed by atoms with Crippen molar-refractivity contribution >= 4 is 16.6 Å². The minimum Gasteiger partial charge on any atom is -0.394 e. The lowest BCUT2D eigenvalue weighted by Crippen LogP contribution is -2.26. The van der Waals surface area contributed by atoms with Crippen LogP contribution in [0.25, 0.3) is 10.9 Å². The van der Waals surface area contributed by atoms with E-state index in [4.69, 9.17) is 0 Å². The number of aromatic nitrogens is 1. The van der Waals surface area contributed by atoms with Crippen LogP contribution in [0.3, 0.4) is 0 Å². The first-order chi connectivity index (χ1) is 10.4. The molecule has 3 aromatic rings. The van der Waals surface area contributed by atoms with Gasteiger partial charge in [-0.25, -0.2) is 0 Å². The van der Waals surface area contributed by atoms with Crippen molar-refractivity contribution in [2.75, 3.05) is 11.9 Å². The first kappa shape index (κ1) is 13.6. The highest BCUT2D eigenvalue weighted by Crippen LogP contribution is 2.22. The van der Waals surface area contributed by atoms with Gasteiger partial charge in [-0.05, 0) is 24.1 Å². The number of anilines is 1. The summed E-state index contributed by atoms with van der Waals surface area (Å²) in [6.45, 7) is 0.0888. The molecule has 2 aromatic carbocycles. The van der Waals surface area contributed by atoms with E-state index in [0.717, 1.165) is 23.0 Å². The van der Waals surface area contributed by atoms with Crippen LogP contribution in [-0.2, 0) is 6.42 Å². The molecule has 1 unspecified atom stereocenters. The molecule has 0 saturated heterocycles. The van der Waals surface area contributed by atoms with Crippen LogP contribution in [0.2, 0.25) is 0 Å². The number of nitrogens with one attached hydrogen (secondary N) is 1. The lowest BCUT2D eigenvalue weighted by Gasteiger charge is -2.19. The van der Waals surface area contributed by atoms with Gasteiger partial charge in [-0.2, -0.15) is 0 Å². The van der Waals surface area contributed by atoms with Gasteiger partial charge in [0.15, 0.2) is 0 Å². The summed E-state index contributed by atoms with van der Waals surface area (Å²) in [6, 6.07) is 20.1. The average Bonchev–Trinajstić information content (AvgIpc) is 2.55. The zero-order chi connectivity index (χ0) is 14.5. The average molecular weight is 278 g/mol. The molecule has 2 N–H and O–H groups in total. The lowest BCUT2D eigenvalue weighted by molar-refractivity contribution is 0.274. The molecule has 1 aromatic heterocycles. The monoisotopic (exact) mass is 278 g/mol. The summed E-state index contributed by atoms with van der Waals surface area (Å²) in [5.41, 5.74) is 3.18. The van der Waals surface area contributed by atoms with Crippen molar-refractivity contribution in [3.05, 3.63) is 72.4 Å². The summed E-state index contributed by atoms with van der Waals surface area (Å²) in [6.07, 6.45) is 2.58. The molecule has 0 bridgehead atoms. The predicted molar refractivity (Wildman–Crippen MR) is 86.4 cm³/mol. The predicted octanol–water partition coefficient (Wildman–Crippen LogP) is 3.25. The van der Waals surface area contributed by atoms with Crippen molar-refractivity contribution < 1.29 is 5.11 Å². The number of hydrogen-bond donors (Lipinski definition) is 2. The Morgan fingerprint density at radius 1 is 0.952 bits per heavy atom. The molecule has 0 fully saturated rings. The Bertz CT molecular complexity index is 707. The normalized spacial score (nSPS) is 12.2. The van der Waals surface area contributed by atoms with Gasteiger partial charge in [0.05, 0.1) is 18.2 Å². The van der Waals surface area contributed by atoms with Gasteiger partial charge in [0.2, 0.25) is 0 Å². The van der Waals surface area contributed by atoms with Crippen LogP contribution in [0.5, 0.6) is 0 Å². The van der Waals surface area contributed by atoms with Crippen LogP contribution >= 0.6 is 0 Å². The number of para-hydroxylation sites is 1. The van der Waals surface area contributed by atoms with Gasteiger partial charge in [-0.1, -0.05) is 48.5 Å². The second kappa shape index (κ2) is 6.37. The molecular weight excluding hydrogens is 260 g/mol. The second-order valence-corrected chi connectivity index (χ2v) is 5.09. The molecule has 3 heteroatoms. The Morgan fingerprint density at radius 2 is 1.71 bits per heavy atom. The van der Waals surface area contributed by atoms with Crippen LogP contribution in [0.15, 0.2) is 66.9 Å². The first-order valence-corrected chi connectivity index (χ1v) is 7.12. The summed E-state index contributed by atoms with van der Waals surface area (Å²) in [5, 5.41) is 14.1. The smallest absolute Gasteiger partial charge is 0.0722 e. The van der Waals surface area contributed by atoms with Crippen molar-refractivity contribution in [3.8, 4) is 0 Å². The summed E-state index contributed by atoms with van der Waals surface area (Å²) >= 11 is 0. The van der Waals surface area contributed by atoms with E-state index >= 15 is 0 Å². The summed E-state index contributed by atoms with van der Waals surface area (Å²) in [4.78, 5) is 4.36. The van der Waals surface area contributed by atoms with Crippen molar-refractivity contribution in [1.29, 1.82) is 0 Å². The minimum absolute atomic E-state index is 0.0155. The van der Waals surface area contributed by atoms with Gasteiger partial charge < -0.3 is 10.4 Å². The second-order valence-electron chi connectivity index (χ2n) is 5.09. The van der Waals surface area contributed by atoms with Gasteiger partial charge in [-0.15, -0.1) is 0 Å². The Labute approximate surface area is 124 Å². The number of nitrogens with zero attached hydrogens (tertiary/aromatic N) is 1. The molecule has 0 aliphatic rings. The van der Waals surface area contributed by atoms with E-state index in [2.05, 4.69) is 22.4 Å². The topological polar surface area (TPSA) is 45.1 Å². The van der Waals surface area contributed by atoms with Crippen molar-refractivity contribution in [2.24, 2.45) is 0 Å². The van der Waals surface area contributed by atoms with Gasteiger partial charge in [0.1, 0.15) is 0 Å². The third kappa shape index (κ3) is 3.20. The highest BCUT2D eigenvalue weighted by Gasteiger charge is 2.10. The Kier molecular flexibility index (Phi) is 4.12. The van der Waals surface area contributed by atoms with E-state index in [0.29, 0.717) is 0 Å². The van der Waals surface area contributed by atoms with Crippen molar-refractivity contribution in [1.82, 2.24) is 4.98 Å². The molecule has 0 amide bonds. The number of hydrogen-bond acceptors (Lipinski definition) is 3. The van der Waals surface area contributed by atoms with Crippen LogP contribution in [-0.4, -0.2) is 22.7 Å². The SMILES string of the molecule is OCC(Cc1ccccc1)Nc1ccnc2ccccc12. The molecule has 21 heavy (non-hydrogen) atoms. The molecule has 1 heterocycles. The highest BCUT2D eigenvalue weighted by molar-refractivity contribution is 5.90. The fraction of sp³-hybridized carbons (Fsp3) is 0.167. The molecule has 1 atom stereocenters. The Hall–Kier alpha value is -2.39. The van der Waals surface area contributed by atoms with E-state index in [1.807, 2.05) is 48.5 Å². The van der Waals surface area contributed by atoms with E-state index in [9.17, 15) is 5.11 Å². The van der Waals surface area contributed by atoms with E-state index in [-0.39, 0.29) is 12.6 Å². The van der Waals surface area contributed by atoms with Crippen LogP contribution in [0.1, 0.15) is 5.56 Å². The van der Waals surface area contributed by atoms with E-state index in [1.165, 1.54) is 5.56 Å².